The summed E-state index contributed by atoms with van der Waals surface area (Å²) in [5.41, 5.74) is 5.23. The fraction of sp³-hybridized carbons (Fsp3) is 0.211. The molecule has 0 aliphatic carbocycles. The van der Waals surface area contributed by atoms with Gasteiger partial charge < -0.3 is 9.84 Å². The van der Waals surface area contributed by atoms with E-state index in [-0.39, 0.29) is 0 Å². The second kappa shape index (κ2) is 6.94. The van der Waals surface area contributed by atoms with Gasteiger partial charge in [0.2, 0.25) is 0 Å². The lowest BCUT2D eigenvalue weighted by molar-refractivity contribution is -0.131. The molecule has 2 rings (SSSR count). The summed E-state index contributed by atoms with van der Waals surface area (Å²) in [5, 5.41) is 8.66. The average molecular weight is 296 g/mol. The highest BCUT2D eigenvalue weighted by molar-refractivity contribution is 5.81. The number of carbonyl (C=O) groups is 1. The summed E-state index contributed by atoms with van der Waals surface area (Å²) in [4.78, 5) is 10.5. The molecule has 1 aromatic rings. The number of rotatable bonds is 4. The molecule has 0 spiro atoms. The van der Waals surface area contributed by atoms with Gasteiger partial charge in [-0.15, -0.1) is 0 Å². The van der Waals surface area contributed by atoms with Crippen molar-refractivity contribution >= 4 is 12.0 Å². The van der Waals surface area contributed by atoms with Gasteiger partial charge in [0.05, 0.1) is 0 Å². The maximum absolute atomic E-state index is 10.5. The van der Waals surface area contributed by atoms with Crippen LogP contribution >= 0.6 is 0 Å². The fourth-order valence-electron chi connectivity index (χ4n) is 2.22. The molecule has 1 N–H and O–H groups in total. The third kappa shape index (κ3) is 4.22. The highest BCUT2D eigenvalue weighted by Crippen LogP contribution is 2.29. The van der Waals surface area contributed by atoms with Crippen LogP contribution in [0.1, 0.15) is 25.0 Å². The predicted octanol–water partition coefficient (Wildman–Crippen LogP) is 4.30. The lowest BCUT2D eigenvalue weighted by atomic mass is 10.0. The number of hydrogen-bond donors (Lipinski definition) is 1. The molecular formula is C19H20O3. The maximum Gasteiger partial charge on any atom is 0.328 e. The van der Waals surface area contributed by atoms with E-state index in [4.69, 9.17) is 9.84 Å². The van der Waals surface area contributed by atoms with Crippen LogP contribution in [0.25, 0.3) is 6.08 Å². The number of carboxylic acids is 1. The van der Waals surface area contributed by atoms with E-state index < -0.39 is 5.97 Å². The molecule has 0 aromatic heterocycles. The minimum atomic E-state index is -0.932. The quantitative estimate of drug-likeness (QED) is 0.665. The molecule has 1 heterocycles. The van der Waals surface area contributed by atoms with Crippen LogP contribution in [-0.4, -0.2) is 17.7 Å². The van der Waals surface area contributed by atoms with Crippen LogP contribution in [0.15, 0.2) is 59.2 Å². The molecule has 0 atom stereocenters. The van der Waals surface area contributed by atoms with E-state index in [1.54, 1.807) is 13.0 Å². The van der Waals surface area contributed by atoms with Crippen molar-refractivity contribution in [2.45, 2.75) is 20.8 Å². The number of ether oxygens (including phenoxy) is 1. The van der Waals surface area contributed by atoms with E-state index in [1.807, 2.05) is 31.2 Å². The second-order valence-electron chi connectivity index (χ2n) is 5.43. The molecule has 22 heavy (non-hydrogen) atoms. The van der Waals surface area contributed by atoms with Gasteiger partial charge in [-0.25, -0.2) is 4.79 Å². The van der Waals surface area contributed by atoms with Crippen molar-refractivity contribution in [3.05, 3.63) is 70.3 Å². The van der Waals surface area contributed by atoms with E-state index in [1.165, 1.54) is 11.6 Å². The topological polar surface area (TPSA) is 46.5 Å². The van der Waals surface area contributed by atoms with E-state index in [0.29, 0.717) is 12.2 Å². The summed E-state index contributed by atoms with van der Waals surface area (Å²) < 4.78 is 5.77. The normalized spacial score (nSPS) is 15.3. The van der Waals surface area contributed by atoms with Gasteiger partial charge in [-0.3, -0.25) is 0 Å². The first-order chi connectivity index (χ1) is 10.5. The minimum absolute atomic E-state index is 0.552. The van der Waals surface area contributed by atoms with Gasteiger partial charge in [0, 0.05) is 11.6 Å². The van der Waals surface area contributed by atoms with Gasteiger partial charge in [-0.05, 0) is 55.7 Å². The first-order valence-corrected chi connectivity index (χ1v) is 7.16. The molecule has 3 nitrogen and oxygen atoms in total. The standard InChI is InChI=1S/C19H20O3/c1-13(10-19(20)21)5-4-6-15(3)17-11-16-9-14(2)7-8-18(16)22-12-17/h4-11H,12H2,1-3H3,(H,20,21)/b5-4+,13-10+,15-6-. The molecular weight excluding hydrogens is 276 g/mol. The van der Waals surface area contributed by atoms with Crippen molar-refractivity contribution in [3.8, 4) is 5.75 Å². The number of benzene rings is 1. The summed E-state index contributed by atoms with van der Waals surface area (Å²) in [7, 11) is 0. The fourth-order valence-corrected chi connectivity index (χ4v) is 2.22. The number of carboxylic acid groups (broad SMARTS) is 1. The Morgan fingerprint density at radius 3 is 2.82 bits per heavy atom. The van der Waals surface area contributed by atoms with Crippen molar-refractivity contribution in [1.29, 1.82) is 0 Å². The lowest BCUT2D eigenvalue weighted by Crippen LogP contribution is -2.08. The smallest absolute Gasteiger partial charge is 0.328 e. The van der Waals surface area contributed by atoms with Crippen LogP contribution in [0.4, 0.5) is 0 Å². The predicted molar refractivity (Wildman–Crippen MR) is 88.9 cm³/mol. The third-order valence-corrected chi connectivity index (χ3v) is 3.44. The Morgan fingerprint density at radius 1 is 1.32 bits per heavy atom. The maximum atomic E-state index is 10.5. The lowest BCUT2D eigenvalue weighted by Gasteiger charge is -2.18. The van der Waals surface area contributed by atoms with E-state index in [2.05, 4.69) is 19.1 Å². The summed E-state index contributed by atoms with van der Waals surface area (Å²) >= 11 is 0. The summed E-state index contributed by atoms with van der Waals surface area (Å²) in [6.45, 7) is 6.40. The Balaban J connectivity index is 2.16. The zero-order valence-electron chi connectivity index (χ0n) is 13.1. The van der Waals surface area contributed by atoms with Crippen LogP contribution in [-0.2, 0) is 4.79 Å². The number of allylic oxidation sites excluding steroid dienone is 4. The molecule has 0 saturated carbocycles. The van der Waals surface area contributed by atoms with Gasteiger partial charge in [-0.1, -0.05) is 29.9 Å². The number of aryl methyl sites for hydroxylation is 1. The first-order valence-electron chi connectivity index (χ1n) is 7.16. The zero-order valence-corrected chi connectivity index (χ0v) is 13.1. The van der Waals surface area contributed by atoms with Crippen molar-refractivity contribution in [2.75, 3.05) is 6.61 Å². The Hall–Kier alpha value is -2.55. The van der Waals surface area contributed by atoms with E-state index in [0.717, 1.165) is 22.5 Å². The molecule has 0 amide bonds. The van der Waals surface area contributed by atoms with Crippen LogP contribution in [0.3, 0.4) is 0 Å². The van der Waals surface area contributed by atoms with Crippen LogP contribution in [0.5, 0.6) is 5.75 Å². The molecule has 1 aliphatic heterocycles. The molecule has 1 aromatic carbocycles. The number of aliphatic carboxylic acids is 1. The number of hydrogen-bond acceptors (Lipinski definition) is 2. The van der Waals surface area contributed by atoms with E-state index >= 15 is 0 Å². The molecule has 0 unspecified atom stereocenters. The molecule has 114 valence electrons. The molecule has 0 radical (unpaired) electrons. The van der Waals surface area contributed by atoms with Gasteiger partial charge in [0.15, 0.2) is 0 Å². The summed E-state index contributed by atoms with van der Waals surface area (Å²) in [6, 6.07) is 6.15. The third-order valence-electron chi connectivity index (χ3n) is 3.44. The van der Waals surface area contributed by atoms with Gasteiger partial charge >= 0.3 is 5.97 Å². The summed E-state index contributed by atoms with van der Waals surface area (Å²) in [6.07, 6.45) is 8.93. The largest absolute Gasteiger partial charge is 0.488 e. The van der Waals surface area contributed by atoms with Crippen molar-refractivity contribution in [3.63, 3.8) is 0 Å². The van der Waals surface area contributed by atoms with E-state index in [9.17, 15) is 4.79 Å². The molecule has 0 saturated heterocycles. The van der Waals surface area contributed by atoms with Crippen LogP contribution in [0.2, 0.25) is 0 Å². The molecule has 0 fully saturated rings. The van der Waals surface area contributed by atoms with Crippen molar-refractivity contribution in [1.82, 2.24) is 0 Å². The SMILES string of the molecule is C/C(=C/C=C/C(C)=C/C(=O)O)C1=Cc2cc(C)ccc2OC1. The highest BCUT2D eigenvalue weighted by atomic mass is 16.5. The van der Waals surface area contributed by atoms with Crippen LogP contribution < -0.4 is 4.74 Å². The van der Waals surface area contributed by atoms with Gasteiger partial charge in [-0.2, -0.15) is 0 Å². The van der Waals surface area contributed by atoms with Gasteiger partial charge in [0.1, 0.15) is 12.4 Å². The zero-order chi connectivity index (χ0) is 16.1. The monoisotopic (exact) mass is 296 g/mol. The Kier molecular flexibility index (Phi) is 4.99. The van der Waals surface area contributed by atoms with Crippen LogP contribution in [0, 0.1) is 6.92 Å². The summed E-state index contributed by atoms with van der Waals surface area (Å²) in [5.74, 6) is -0.0175. The van der Waals surface area contributed by atoms with Gasteiger partial charge in [0.25, 0.3) is 0 Å². The molecule has 0 bridgehead atoms. The molecule has 3 heteroatoms. The Bertz CT molecular complexity index is 703. The van der Waals surface area contributed by atoms with Crippen molar-refractivity contribution < 1.29 is 14.6 Å². The highest BCUT2D eigenvalue weighted by Gasteiger charge is 2.11. The number of fused-ring (bicyclic) bond motifs is 1. The Labute approximate surface area is 130 Å². The molecule has 1 aliphatic rings. The average Bonchev–Trinajstić information content (AvgIpc) is 2.45. The van der Waals surface area contributed by atoms with Crippen molar-refractivity contribution in [2.24, 2.45) is 0 Å². The minimum Gasteiger partial charge on any atom is -0.488 e. The second-order valence-corrected chi connectivity index (χ2v) is 5.43. The first kappa shape index (κ1) is 15.8. The Morgan fingerprint density at radius 2 is 2.09 bits per heavy atom.